The Morgan fingerprint density at radius 2 is 1.96 bits per heavy atom. The number of halogens is 1. The molecule has 0 fully saturated rings. The number of benzene rings is 1. The van der Waals surface area contributed by atoms with Gasteiger partial charge in [0.2, 0.25) is 0 Å². The van der Waals surface area contributed by atoms with Crippen molar-refractivity contribution in [1.29, 1.82) is 0 Å². The lowest BCUT2D eigenvalue weighted by Gasteiger charge is -2.11. The molecule has 0 bridgehead atoms. The fourth-order valence-corrected chi connectivity index (χ4v) is 2.31. The Kier molecular flexibility index (Phi) is 5.76. The lowest BCUT2D eigenvalue weighted by atomic mass is 10.1. The van der Waals surface area contributed by atoms with Gasteiger partial charge in [-0.2, -0.15) is 0 Å². The smallest absolute Gasteiger partial charge is 0.315 e. The minimum Gasteiger partial charge on any atom is -0.466 e. The van der Waals surface area contributed by atoms with Crippen molar-refractivity contribution in [2.24, 2.45) is 0 Å². The standard InChI is InChI=1S/C17H21FN2O3/c1-11-9-15(12(2)23-11)16(21)7-8-19-17(22)20-10-13-3-5-14(18)6-4-13/h3-6,9,16,21H,7-8,10H2,1-2H3,(H2,19,20,22)/t16-/m1/s1. The van der Waals surface area contributed by atoms with Gasteiger partial charge in [-0.15, -0.1) is 0 Å². The zero-order chi connectivity index (χ0) is 16.8. The van der Waals surface area contributed by atoms with Crippen LogP contribution in [0, 0.1) is 19.7 Å². The van der Waals surface area contributed by atoms with E-state index < -0.39 is 6.10 Å². The number of aryl methyl sites for hydroxylation is 2. The molecule has 6 heteroatoms. The molecule has 2 aromatic rings. The van der Waals surface area contributed by atoms with Gasteiger partial charge in [0, 0.05) is 18.7 Å². The van der Waals surface area contributed by atoms with E-state index in [9.17, 15) is 14.3 Å². The molecule has 0 aliphatic rings. The van der Waals surface area contributed by atoms with Crippen LogP contribution in [0.5, 0.6) is 0 Å². The number of rotatable bonds is 6. The molecule has 0 unspecified atom stereocenters. The number of aliphatic hydroxyl groups excluding tert-OH is 1. The quantitative estimate of drug-likeness (QED) is 0.766. The monoisotopic (exact) mass is 320 g/mol. The van der Waals surface area contributed by atoms with Gasteiger partial charge in [0.1, 0.15) is 17.3 Å². The SMILES string of the molecule is Cc1cc([C@H](O)CCNC(=O)NCc2ccc(F)cc2)c(C)o1. The van der Waals surface area contributed by atoms with E-state index in [1.807, 2.05) is 6.92 Å². The van der Waals surface area contributed by atoms with Gasteiger partial charge in [0.15, 0.2) is 0 Å². The second-order valence-electron chi connectivity index (χ2n) is 5.41. The summed E-state index contributed by atoms with van der Waals surface area (Å²) < 4.78 is 18.1. The highest BCUT2D eigenvalue weighted by Crippen LogP contribution is 2.23. The van der Waals surface area contributed by atoms with Crippen LogP contribution in [-0.4, -0.2) is 17.7 Å². The first-order valence-electron chi connectivity index (χ1n) is 7.47. The van der Waals surface area contributed by atoms with Gasteiger partial charge in [-0.3, -0.25) is 0 Å². The largest absolute Gasteiger partial charge is 0.466 e. The molecule has 0 aliphatic heterocycles. The van der Waals surface area contributed by atoms with Crippen LogP contribution in [0.4, 0.5) is 9.18 Å². The summed E-state index contributed by atoms with van der Waals surface area (Å²) in [6.07, 6.45) is -0.283. The van der Waals surface area contributed by atoms with Crippen molar-refractivity contribution in [3.63, 3.8) is 0 Å². The van der Waals surface area contributed by atoms with E-state index in [1.165, 1.54) is 12.1 Å². The van der Waals surface area contributed by atoms with E-state index in [0.717, 1.165) is 16.9 Å². The Hall–Kier alpha value is -2.34. The third-order valence-corrected chi connectivity index (χ3v) is 3.51. The highest BCUT2D eigenvalue weighted by atomic mass is 19.1. The number of urea groups is 1. The van der Waals surface area contributed by atoms with Crippen molar-refractivity contribution in [2.45, 2.75) is 32.9 Å². The lowest BCUT2D eigenvalue weighted by molar-refractivity contribution is 0.165. The fourth-order valence-electron chi connectivity index (χ4n) is 2.31. The van der Waals surface area contributed by atoms with Crippen LogP contribution in [0.25, 0.3) is 0 Å². The number of hydrogen-bond donors (Lipinski definition) is 3. The zero-order valence-corrected chi connectivity index (χ0v) is 13.2. The molecule has 2 amide bonds. The second-order valence-corrected chi connectivity index (χ2v) is 5.41. The first-order chi connectivity index (χ1) is 11.0. The average molecular weight is 320 g/mol. The van der Waals surface area contributed by atoms with Crippen LogP contribution in [0.3, 0.4) is 0 Å². The summed E-state index contributed by atoms with van der Waals surface area (Å²) >= 11 is 0. The van der Waals surface area contributed by atoms with Gasteiger partial charge >= 0.3 is 6.03 Å². The Balaban J connectivity index is 1.70. The Morgan fingerprint density at radius 1 is 1.26 bits per heavy atom. The molecule has 2 rings (SSSR count). The lowest BCUT2D eigenvalue weighted by Crippen LogP contribution is -2.36. The molecule has 0 radical (unpaired) electrons. The molecule has 1 heterocycles. The molecule has 0 saturated heterocycles. The molecule has 0 aliphatic carbocycles. The van der Waals surface area contributed by atoms with E-state index in [0.29, 0.717) is 25.3 Å². The molecular weight excluding hydrogens is 299 g/mol. The number of carbonyl (C=O) groups is 1. The van der Waals surface area contributed by atoms with E-state index in [1.54, 1.807) is 25.1 Å². The summed E-state index contributed by atoms with van der Waals surface area (Å²) in [6.45, 7) is 4.27. The van der Waals surface area contributed by atoms with E-state index in [-0.39, 0.29) is 11.8 Å². The van der Waals surface area contributed by atoms with Crippen LogP contribution in [0.15, 0.2) is 34.7 Å². The van der Waals surface area contributed by atoms with Gasteiger partial charge in [-0.05, 0) is 44.0 Å². The van der Waals surface area contributed by atoms with Gasteiger partial charge in [-0.1, -0.05) is 12.1 Å². The Morgan fingerprint density at radius 3 is 2.57 bits per heavy atom. The topological polar surface area (TPSA) is 74.5 Å². The van der Waals surface area contributed by atoms with E-state index >= 15 is 0 Å². The number of amides is 2. The summed E-state index contributed by atoms with van der Waals surface area (Å²) in [7, 11) is 0. The number of aliphatic hydroxyl groups is 1. The van der Waals surface area contributed by atoms with Crippen LogP contribution in [0.2, 0.25) is 0 Å². The van der Waals surface area contributed by atoms with Crippen molar-refractivity contribution in [1.82, 2.24) is 10.6 Å². The number of nitrogens with one attached hydrogen (secondary N) is 2. The molecule has 1 aromatic heterocycles. The molecule has 1 aromatic carbocycles. The predicted molar refractivity (Wildman–Crippen MR) is 84.4 cm³/mol. The van der Waals surface area contributed by atoms with Gasteiger partial charge in [0.25, 0.3) is 0 Å². The van der Waals surface area contributed by atoms with Crippen molar-refractivity contribution in [3.8, 4) is 0 Å². The summed E-state index contributed by atoms with van der Waals surface area (Å²) in [4.78, 5) is 11.7. The average Bonchev–Trinajstić information content (AvgIpc) is 2.85. The first-order valence-corrected chi connectivity index (χ1v) is 7.47. The van der Waals surface area contributed by atoms with Crippen LogP contribution in [-0.2, 0) is 6.54 Å². The van der Waals surface area contributed by atoms with Gasteiger partial charge in [0.05, 0.1) is 6.10 Å². The van der Waals surface area contributed by atoms with Crippen molar-refractivity contribution in [2.75, 3.05) is 6.54 Å². The molecule has 23 heavy (non-hydrogen) atoms. The second kappa shape index (κ2) is 7.78. The summed E-state index contributed by atoms with van der Waals surface area (Å²) in [6, 6.07) is 7.39. The maximum absolute atomic E-state index is 12.8. The van der Waals surface area contributed by atoms with Crippen LogP contribution >= 0.6 is 0 Å². The Labute approximate surface area is 134 Å². The fraction of sp³-hybridized carbons (Fsp3) is 0.353. The summed E-state index contributed by atoms with van der Waals surface area (Å²) in [5, 5.41) is 15.4. The van der Waals surface area contributed by atoms with Gasteiger partial charge < -0.3 is 20.2 Å². The molecule has 0 spiro atoms. The molecule has 3 N–H and O–H groups in total. The normalized spacial score (nSPS) is 12.0. The van der Waals surface area contributed by atoms with Crippen molar-refractivity contribution >= 4 is 6.03 Å². The summed E-state index contributed by atoms with van der Waals surface area (Å²) in [5.41, 5.74) is 1.56. The highest BCUT2D eigenvalue weighted by molar-refractivity contribution is 5.73. The molecule has 1 atom stereocenters. The maximum Gasteiger partial charge on any atom is 0.315 e. The predicted octanol–water partition coefficient (Wildman–Crippen LogP) is 2.96. The number of hydrogen-bond acceptors (Lipinski definition) is 3. The molecule has 5 nitrogen and oxygen atoms in total. The number of carbonyl (C=O) groups excluding carboxylic acids is 1. The third kappa shape index (κ3) is 5.10. The van der Waals surface area contributed by atoms with Crippen LogP contribution < -0.4 is 10.6 Å². The Bertz CT molecular complexity index is 652. The van der Waals surface area contributed by atoms with Crippen LogP contribution in [0.1, 0.15) is 35.2 Å². The maximum atomic E-state index is 12.8. The minimum absolute atomic E-state index is 0.308. The third-order valence-electron chi connectivity index (χ3n) is 3.51. The van der Waals surface area contributed by atoms with E-state index in [2.05, 4.69) is 10.6 Å². The molecular formula is C17H21FN2O3. The highest BCUT2D eigenvalue weighted by Gasteiger charge is 2.14. The van der Waals surface area contributed by atoms with Crippen molar-refractivity contribution in [3.05, 3.63) is 58.8 Å². The first kappa shape index (κ1) is 17.0. The van der Waals surface area contributed by atoms with E-state index in [4.69, 9.17) is 4.42 Å². The number of furan rings is 1. The van der Waals surface area contributed by atoms with Gasteiger partial charge in [-0.25, -0.2) is 9.18 Å². The molecule has 124 valence electrons. The minimum atomic E-state index is -0.676. The zero-order valence-electron chi connectivity index (χ0n) is 13.2. The van der Waals surface area contributed by atoms with Crippen molar-refractivity contribution < 1.29 is 18.7 Å². The molecule has 0 saturated carbocycles. The summed E-state index contributed by atoms with van der Waals surface area (Å²) in [5.74, 6) is 1.13.